The molecule has 8 heterocycles. The zero-order valence-electron chi connectivity index (χ0n) is 39.3. The van der Waals surface area contributed by atoms with E-state index in [1.807, 2.05) is 86.4 Å². The van der Waals surface area contributed by atoms with Crippen molar-refractivity contribution in [3.8, 4) is 22.5 Å². The number of aromatic nitrogens is 10. The number of hydrogen-bond donors (Lipinski definition) is 5. The van der Waals surface area contributed by atoms with Crippen LogP contribution in [0.4, 0.5) is 28.1 Å². The van der Waals surface area contributed by atoms with Gasteiger partial charge in [0.25, 0.3) is 11.8 Å². The maximum Gasteiger partial charge on any atom is 0.410 e. The molecular weight excluding hydrogens is 912 g/mol. The fraction of sp³-hybridized carbons (Fsp3) is 0.286. The predicted octanol–water partition coefficient (Wildman–Crippen LogP) is 7.20. The molecule has 3 amide bonds. The number of benzene rings is 2. The molecule has 0 saturated carbocycles. The summed E-state index contributed by atoms with van der Waals surface area (Å²) in [4.78, 5) is 65.2. The second-order valence-electron chi connectivity index (χ2n) is 18.0. The smallest absolute Gasteiger partial charge is 0.410 e. The van der Waals surface area contributed by atoms with Crippen LogP contribution >= 0.6 is 12.4 Å². The molecule has 7 N–H and O–H groups in total. The lowest BCUT2D eigenvalue weighted by Gasteiger charge is -2.24. The number of likely N-dealkylation sites (tertiary alicyclic amines) is 1. The molecule has 70 heavy (non-hydrogen) atoms. The third kappa shape index (κ3) is 10.5. The Morgan fingerprint density at radius 1 is 0.671 bits per heavy atom. The van der Waals surface area contributed by atoms with E-state index in [1.54, 1.807) is 47.6 Å². The minimum Gasteiger partial charge on any atom is -0.444 e. The highest BCUT2D eigenvalue weighted by Gasteiger charge is 2.33. The number of nitrogens with one attached hydrogen (secondary N) is 3. The van der Waals surface area contributed by atoms with Crippen LogP contribution in [-0.2, 0) is 4.74 Å². The van der Waals surface area contributed by atoms with Gasteiger partial charge in [0.2, 0.25) is 0 Å². The number of halogens is 1. The van der Waals surface area contributed by atoms with Crippen LogP contribution in [-0.4, -0.2) is 104 Å². The second kappa shape index (κ2) is 20.2. The van der Waals surface area contributed by atoms with E-state index in [0.29, 0.717) is 76.3 Å². The van der Waals surface area contributed by atoms with E-state index < -0.39 is 5.60 Å². The summed E-state index contributed by atoms with van der Waals surface area (Å²) in [6.45, 7) is 12.2. The Hall–Kier alpha value is -8.10. The van der Waals surface area contributed by atoms with E-state index in [4.69, 9.17) is 26.4 Å². The number of pyridine rings is 2. The minimum atomic E-state index is -0.567. The highest BCUT2D eigenvalue weighted by atomic mass is 35.5. The molecule has 0 radical (unpaired) electrons. The highest BCUT2D eigenvalue weighted by molar-refractivity contribution is 6.06. The molecule has 20 nitrogen and oxygen atoms in total. The van der Waals surface area contributed by atoms with Crippen molar-refractivity contribution in [3.05, 3.63) is 120 Å². The standard InChI is InChI=1S/C27H30N8O3.C22H22N8O.ClH/c1-16-9-11-29-20(13-16)32-25(36)18-7-5-17(6-8-18)22-21-23(28)30-15-31-24(21)35(33-22)19-10-12-34(14-19)26(37)38-27(2,3)4;1-13-6-9-25-17(10-13)28-22(31)15-4-2-14(3-5-15)19-18-20(23)26-12-27-21(18)30(29-19)16-7-8-24-11-16;/h5-9,11,13,15,19H,10,12,14H2,1-4H3,(H2,28,30,31)(H,29,32,36);2-6,9-10,12,16,24H,7-8,11H2,1H3,(H2,23,26,27)(H,25,28,31);1H/t19-;16-;/m11./s1. The molecule has 2 aliphatic heterocycles. The number of ether oxygens (including phenoxy) is 1. The number of rotatable bonds is 8. The van der Waals surface area contributed by atoms with Crippen molar-refractivity contribution in [2.75, 3.05) is 48.3 Å². The number of carbonyl (C=O) groups is 3. The molecule has 6 aromatic heterocycles. The van der Waals surface area contributed by atoms with E-state index in [-0.39, 0.29) is 42.4 Å². The fourth-order valence-corrected chi connectivity index (χ4v) is 8.33. The topological polar surface area (TPSA) is 265 Å². The van der Waals surface area contributed by atoms with Crippen molar-refractivity contribution >= 4 is 75.7 Å². The minimum absolute atomic E-state index is 0. The Bertz CT molecular complexity index is 3200. The van der Waals surface area contributed by atoms with Crippen LogP contribution in [0, 0.1) is 13.8 Å². The molecule has 0 unspecified atom stereocenters. The van der Waals surface area contributed by atoms with Gasteiger partial charge in [-0.25, -0.2) is 44.1 Å². The number of carbonyl (C=O) groups excluding carboxylic acids is 3. The molecule has 0 bridgehead atoms. The molecule has 2 aromatic carbocycles. The number of aryl methyl sites for hydroxylation is 2. The SMILES string of the molecule is Cc1ccnc(NC(=O)c2ccc(-c3nn([C@@H]4CCN(C(=O)OC(C)(C)C)C4)c4ncnc(N)c34)cc2)c1.Cc1ccnc(NC(=O)c2ccc(-c3nn([C@@H]4CCNC4)c4ncnc(N)c34)cc2)c1.Cl. The van der Waals surface area contributed by atoms with Gasteiger partial charge in [-0.05, 0) is 114 Å². The van der Waals surface area contributed by atoms with Crippen LogP contribution in [0.25, 0.3) is 44.6 Å². The number of fused-ring (bicyclic) bond motifs is 2. The summed E-state index contributed by atoms with van der Waals surface area (Å²) >= 11 is 0. The van der Waals surface area contributed by atoms with Gasteiger partial charge in [0.15, 0.2) is 11.3 Å². The van der Waals surface area contributed by atoms with Gasteiger partial charge in [0.05, 0.1) is 22.9 Å². The maximum absolute atomic E-state index is 12.7. The summed E-state index contributed by atoms with van der Waals surface area (Å²) in [5.41, 5.74) is 19.2. The van der Waals surface area contributed by atoms with Crippen molar-refractivity contribution in [1.29, 1.82) is 0 Å². The highest BCUT2D eigenvalue weighted by Crippen LogP contribution is 2.35. The van der Waals surface area contributed by atoms with Crippen molar-refractivity contribution in [3.63, 3.8) is 0 Å². The summed E-state index contributed by atoms with van der Waals surface area (Å²) in [5, 5.41) is 20.1. The monoisotopic (exact) mass is 964 g/mol. The van der Waals surface area contributed by atoms with Gasteiger partial charge in [-0.3, -0.25) is 9.59 Å². The first-order valence-corrected chi connectivity index (χ1v) is 22.5. The van der Waals surface area contributed by atoms with E-state index in [1.165, 1.54) is 12.7 Å². The molecule has 10 rings (SSSR count). The first-order chi connectivity index (χ1) is 33.2. The maximum atomic E-state index is 12.7. The molecule has 2 fully saturated rings. The van der Waals surface area contributed by atoms with Gasteiger partial charge in [-0.1, -0.05) is 24.3 Å². The third-order valence-electron chi connectivity index (χ3n) is 11.7. The summed E-state index contributed by atoms with van der Waals surface area (Å²) in [5.74, 6) is 1.23. The van der Waals surface area contributed by atoms with Gasteiger partial charge < -0.3 is 37.1 Å². The van der Waals surface area contributed by atoms with Gasteiger partial charge in [-0.15, -0.1) is 12.4 Å². The lowest BCUT2D eigenvalue weighted by molar-refractivity contribution is 0.0288. The van der Waals surface area contributed by atoms with Crippen LogP contribution < -0.4 is 27.4 Å². The lowest BCUT2D eigenvalue weighted by Crippen LogP contribution is -2.35. The van der Waals surface area contributed by atoms with Crippen molar-refractivity contribution in [1.82, 2.24) is 59.7 Å². The van der Waals surface area contributed by atoms with Crippen LogP contribution in [0.15, 0.2) is 97.8 Å². The van der Waals surface area contributed by atoms with Gasteiger partial charge in [0.1, 0.15) is 52.9 Å². The summed E-state index contributed by atoms with van der Waals surface area (Å²) in [6.07, 6.45) is 7.53. The molecule has 360 valence electrons. The summed E-state index contributed by atoms with van der Waals surface area (Å²) in [6, 6.07) is 21.9. The number of nitrogens with zero attached hydrogens (tertiary/aromatic N) is 11. The second-order valence-corrected chi connectivity index (χ2v) is 18.0. The van der Waals surface area contributed by atoms with Gasteiger partial charge >= 0.3 is 6.09 Å². The van der Waals surface area contributed by atoms with Crippen LogP contribution in [0.5, 0.6) is 0 Å². The first-order valence-electron chi connectivity index (χ1n) is 22.5. The molecule has 21 heteroatoms. The van der Waals surface area contributed by atoms with Crippen LogP contribution in [0.1, 0.15) is 77.5 Å². The van der Waals surface area contributed by atoms with Gasteiger partial charge in [-0.2, -0.15) is 10.2 Å². The van der Waals surface area contributed by atoms with Crippen molar-refractivity contribution in [2.45, 2.75) is 65.1 Å². The predicted molar refractivity (Wildman–Crippen MR) is 269 cm³/mol. The van der Waals surface area contributed by atoms with E-state index in [9.17, 15) is 14.4 Å². The Kier molecular flexibility index (Phi) is 14.0. The molecule has 2 saturated heterocycles. The zero-order valence-corrected chi connectivity index (χ0v) is 40.1. The quantitative estimate of drug-likeness (QED) is 0.101. The Morgan fingerprint density at radius 2 is 1.16 bits per heavy atom. The first kappa shape index (κ1) is 48.4. The molecule has 8 aromatic rings. The summed E-state index contributed by atoms with van der Waals surface area (Å²) < 4.78 is 9.29. The average molecular weight is 966 g/mol. The molecular formula is C49H53ClN16O4. The Balaban J connectivity index is 0.000000189. The lowest BCUT2D eigenvalue weighted by atomic mass is 10.1. The number of amides is 3. The Labute approximate surface area is 409 Å². The number of hydrogen-bond acceptors (Lipinski definition) is 15. The van der Waals surface area contributed by atoms with Crippen LogP contribution in [0.2, 0.25) is 0 Å². The molecule has 2 aliphatic rings. The third-order valence-corrected chi connectivity index (χ3v) is 11.7. The summed E-state index contributed by atoms with van der Waals surface area (Å²) in [7, 11) is 0. The van der Waals surface area contributed by atoms with Crippen molar-refractivity contribution in [2.24, 2.45) is 0 Å². The van der Waals surface area contributed by atoms with E-state index in [0.717, 1.165) is 52.8 Å². The van der Waals surface area contributed by atoms with Crippen molar-refractivity contribution < 1.29 is 19.1 Å². The zero-order chi connectivity index (χ0) is 48.4. The average Bonchev–Trinajstić information content (AvgIpc) is 4.16. The molecule has 2 atom stereocenters. The van der Waals surface area contributed by atoms with E-state index >= 15 is 0 Å². The Morgan fingerprint density at radius 3 is 1.60 bits per heavy atom. The number of anilines is 4. The molecule has 0 spiro atoms. The van der Waals surface area contributed by atoms with Gasteiger partial charge in [0, 0.05) is 54.3 Å². The molecule has 0 aliphatic carbocycles. The largest absolute Gasteiger partial charge is 0.444 e. The normalized spacial score (nSPS) is 15.5. The number of nitrogen functional groups attached to an aromatic ring is 2. The number of nitrogens with two attached hydrogens (primary N) is 2. The fourth-order valence-electron chi connectivity index (χ4n) is 8.33. The van der Waals surface area contributed by atoms with Crippen LogP contribution in [0.3, 0.4) is 0 Å². The van der Waals surface area contributed by atoms with E-state index in [2.05, 4.69) is 45.9 Å².